The Bertz CT molecular complexity index is 984. The maximum absolute atomic E-state index is 13.3. The maximum atomic E-state index is 13.3. The second-order valence-electron chi connectivity index (χ2n) is 10.1. The average molecular weight is 498 g/mol. The van der Waals surface area contributed by atoms with Crippen LogP contribution in [0.3, 0.4) is 0 Å². The standard InChI is InChI=1S/C27H39N5O4/c1-34-26-5-3-2-4-25(26)31-8-10-32(11-9-31)27(33)17-21-6-7-28-19-22(21)16-23-18-24(36-29-23)20-30-12-14-35-15-13-30/h2-5,18,21-22,28H,6-17,19-20H2,1H3. The molecule has 36 heavy (non-hydrogen) atoms. The van der Waals surface area contributed by atoms with Crippen LogP contribution in [0.1, 0.15) is 24.3 Å². The monoisotopic (exact) mass is 497 g/mol. The van der Waals surface area contributed by atoms with Crippen LogP contribution in [-0.4, -0.2) is 93.5 Å². The van der Waals surface area contributed by atoms with Crippen LogP contribution in [0.5, 0.6) is 5.75 Å². The van der Waals surface area contributed by atoms with Gasteiger partial charge in [-0.2, -0.15) is 0 Å². The van der Waals surface area contributed by atoms with Crippen LogP contribution in [0.15, 0.2) is 34.9 Å². The van der Waals surface area contributed by atoms with Gasteiger partial charge in [-0.25, -0.2) is 0 Å². The Labute approximate surface area is 213 Å². The van der Waals surface area contributed by atoms with Gasteiger partial charge in [0, 0.05) is 51.8 Å². The van der Waals surface area contributed by atoms with Crippen molar-refractivity contribution in [3.8, 4) is 5.75 Å². The molecule has 4 heterocycles. The topological polar surface area (TPSA) is 83.3 Å². The predicted molar refractivity (Wildman–Crippen MR) is 137 cm³/mol. The van der Waals surface area contributed by atoms with E-state index in [9.17, 15) is 4.79 Å². The van der Waals surface area contributed by atoms with Gasteiger partial charge < -0.3 is 29.1 Å². The first-order valence-corrected chi connectivity index (χ1v) is 13.3. The summed E-state index contributed by atoms with van der Waals surface area (Å²) in [4.78, 5) is 20.0. The Balaban J connectivity index is 1.12. The summed E-state index contributed by atoms with van der Waals surface area (Å²) in [6.07, 6.45) is 2.48. The summed E-state index contributed by atoms with van der Waals surface area (Å²) < 4.78 is 16.6. The molecule has 3 aliphatic rings. The van der Waals surface area contributed by atoms with Gasteiger partial charge in [-0.3, -0.25) is 9.69 Å². The van der Waals surface area contributed by atoms with Crippen molar-refractivity contribution < 1.29 is 18.8 Å². The fraction of sp³-hybridized carbons (Fsp3) is 0.630. The number of rotatable bonds is 8. The molecule has 9 nitrogen and oxygen atoms in total. The number of amides is 1. The van der Waals surface area contributed by atoms with E-state index in [0.29, 0.717) is 18.3 Å². The van der Waals surface area contributed by atoms with Crippen LogP contribution < -0.4 is 15.0 Å². The van der Waals surface area contributed by atoms with Crippen molar-refractivity contribution in [3.05, 3.63) is 41.8 Å². The van der Waals surface area contributed by atoms with Crippen LogP contribution >= 0.6 is 0 Å². The van der Waals surface area contributed by atoms with Gasteiger partial charge in [0.05, 0.1) is 38.2 Å². The number of methoxy groups -OCH3 is 1. The fourth-order valence-electron chi connectivity index (χ4n) is 5.70. The number of para-hydroxylation sites is 2. The number of nitrogens with zero attached hydrogens (tertiary/aromatic N) is 4. The van der Waals surface area contributed by atoms with Gasteiger partial charge in [-0.1, -0.05) is 17.3 Å². The molecule has 0 saturated carbocycles. The van der Waals surface area contributed by atoms with Crippen LogP contribution in [0.2, 0.25) is 0 Å². The third-order valence-electron chi connectivity index (χ3n) is 7.82. The zero-order valence-electron chi connectivity index (χ0n) is 21.4. The lowest BCUT2D eigenvalue weighted by Crippen LogP contribution is -2.50. The van der Waals surface area contributed by atoms with Crippen molar-refractivity contribution in [3.63, 3.8) is 0 Å². The molecule has 0 radical (unpaired) electrons. The molecule has 1 N–H and O–H groups in total. The lowest BCUT2D eigenvalue weighted by molar-refractivity contribution is -0.133. The van der Waals surface area contributed by atoms with Gasteiger partial charge in [0.15, 0.2) is 5.76 Å². The first-order chi connectivity index (χ1) is 17.7. The molecule has 1 amide bonds. The van der Waals surface area contributed by atoms with Crippen molar-refractivity contribution in [2.24, 2.45) is 11.8 Å². The number of piperidine rings is 1. The van der Waals surface area contributed by atoms with Gasteiger partial charge in [-0.15, -0.1) is 0 Å². The Morgan fingerprint density at radius 3 is 2.72 bits per heavy atom. The average Bonchev–Trinajstić information content (AvgIpc) is 3.37. The number of carbonyl (C=O) groups excluding carboxylic acids is 1. The lowest BCUT2D eigenvalue weighted by atomic mass is 9.81. The first kappa shape index (κ1) is 25.0. The Kier molecular flexibility index (Phi) is 8.40. The second-order valence-corrected chi connectivity index (χ2v) is 10.1. The molecule has 5 rings (SSSR count). The SMILES string of the molecule is COc1ccccc1N1CCN(C(=O)CC2CCNCC2Cc2cc(CN3CCOCC3)on2)CC1. The summed E-state index contributed by atoms with van der Waals surface area (Å²) in [5.74, 6) is 2.83. The Morgan fingerprint density at radius 2 is 1.92 bits per heavy atom. The molecular weight excluding hydrogens is 458 g/mol. The molecule has 0 bridgehead atoms. The molecule has 1 aromatic carbocycles. The Morgan fingerprint density at radius 1 is 1.11 bits per heavy atom. The largest absolute Gasteiger partial charge is 0.495 e. The lowest BCUT2D eigenvalue weighted by Gasteiger charge is -2.38. The molecule has 3 fully saturated rings. The summed E-state index contributed by atoms with van der Waals surface area (Å²) >= 11 is 0. The van der Waals surface area contributed by atoms with Gasteiger partial charge >= 0.3 is 0 Å². The van der Waals surface area contributed by atoms with E-state index in [4.69, 9.17) is 14.0 Å². The van der Waals surface area contributed by atoms with E-state index >= 15 is 0 Å². The van der Waals surface area contributed by atoms with Crippen LogP contribution in [0, 0.1) is 11.8 Å². The smallest absolute Gasteiger partial charge is 0.222 e. The number of benzene rings is 1. The minimum atomic E-state index is 0.278. The van der Waals surface area contributed by atoms with Gasteiger partial charge in [0.1, 0.15) is 5.75 Å². The van der Waals surface area contributed by atoms with Crippen molar-refractivity contribution in [1.82, 2.24) is 20.3 Å². The molecular formula is C27H39N5O4. The summed E-state index contributed by atoms with van der Waals surface area (Å²) in [5.41, 5.74) is 2.10. The van der Waals surface area contributed by atoms with Gasteiger partial charge in [0.25, 0.3) is 0 Å². The van der Waals surface area contributed by atoms with E-state index < -0.39 is 0 Å². The highest BCUT2D eigenvalue weighted by atomic mass is 16.5. The third kappa shape index (κ3) is 6.19. The predicted octanol–water partition coefficient (Wildman–Crippen LogP) is 2.02. The normalized spacial score (nSPS) is 23.6. The number of piperazine rings is 1. The number of ether oxygens (including phenoxy) is 2. The quantitative estimate of drug-likeness (QED) is 0.593. The molecule has 0 spiro atoms. The summed E-state index contributed by atoms with van der Waals surface area (Å²) in [7, 11) is 1.71. The zero-order chi connectivity index (χ0) is 24.7. The highest BCUT2D eigenvalue weighted by Crippen LogP contribution is 2.30. The number of carbonyl (C=O) groups is 1. The molecule has 2 unspecified atom stereocenters. The number of anilines is 1. The van der Waals surface area contributed by atoms with Crippen molar-refractivity contribution in [1.29, 1.82) is 0 Å². The minimum Gasteiger partial charge on any atom is -0.495 e. The van der Waals surface area contributed by atoms with Crippen molar-refractivity contribution >= 4 is 11.6 Å². The molecule has 0 aliphatic carbocycles. The number of morpholine rings is 1. The number of aromatic nitrogens is 1. The highest BCUT2D eigenvalue weighted by molar-refractivity contribution is 5.77. The molecule has 196 valence electrons. The van der Waals surface area contributed by atoms with Crippen molar-refractivity contribution in [2.45, 2.75) is 25.8 Å². The highest BCUT2D eigenvalue weighted by Gasteiger charge is 2.31. The van der Waals surface area contributed by atoms with E-state index in [1.807, 2.05) is 23.1 Å². The number of hydrogen-bond acceptors (Lipinski definition) is 8. The van der Waals surface area contributed by atoms with E-state index in [1.165, 1.54) is 0 Å². The first-order valence-electron chi connectivity index (χ1n) is 13.3. The van der Waals surface area contributed by atoms with Crippen molar-refractivity contribution in [2.75, 3.05) is 77.6 Å². The second kappa shape index (κ2) is 12.1. The van der Waals surface area contributed by atoms with Crippen LogP contribution in [0.25, 0.3) is 0 Å². The Hall–Kier alpha value is -2.62. The van der Waals surface area contributed by atoms with Crippen LogP contribution in [0.4, 0.5) is 5.69 Å². The van der Waals surface area contributed by atoms with E-state index in [0.717, 1.165) is 108 Å². The molecule has 1 aromatic heterocycles. The number of hydrogen-bond donors (Lipinski definition) is 1. The molecule has 2 aromatic rings. The maximum Gasteiger partial charge on any atom is 0.222 e. The van der Waals surface area contributed by atoms with E-state index in [-0.39, 0.29) is 5.91 Å². The van der Waals surface area contributed by atoms with E-state index in [2.05, 4.69) is 32.4 Å². The zero-order valence-corrected chi connectivity index (χ0v) is 21.4. The van der Waals surface area contributed by atoms with Gasteiger partial charge in [0.2, 0.25) is 5.91 Å². The molecule has 2 atom stereocenters. The van der Waals surface area contributed by atoms with Gasteiger partial charge in [-0.05, 0) is 49.9 Å². The fourth-order valence-corrected chi connectivity index (χ4v) is 5.70. The molecule has 3 saturated heterocycles. The number of nitrogens with one attached hydrogen (secondary N) is 1. The minimum absolute atomic E-state index is 0.278. The molecule has 3 aliphatic heterocycles. The summed E-state index contributed by atoms with van der Waals surface area (Å²) in [6.45, 7) is 9.24. The summed E-state index contributed by atoms with van der Waals surface area (Å²) in [5, 5.41) is 7.88. The third-order valence-corrected chi connectivity index (χ3v) is 7.82. The van der Waals surface area contributed by atoms with Crippen LogP contribution in [-0.2, 0) is 22.5 Å². The van der Waals surface area contributed by atoms with E-state index in [1.54, 1.807) is 7.11 Å². The molecule has 9 heteroatoms. The summed E-state index contributed by atoms with van der Waals surface area (Å²) in [6, 6.07) is 10.2.